The number of carbonyl (C=O) groups excluding carboxylic acids is 3. The van der Waals surface area contributed by atoms with Crippen LogP contribution in [0, 0.1) is 0 Å². The molecule has 1 unspecified atom stereocenters. The number of rotatable bonds is 55. The molecule has 0 N–H and O–H groups in total. The molecule has 0 aliphatic rings. The Morgan fingerprint density at radius 2 is 0.554 bits per heavy atom. The normalized spacial score (nSPS) is 12.9. The molecule has 0 rings (SSSR count). The van der Waals surface area contributed by atoms with E-state index in [-0.39, 0.29) is 31.1 Å². The van der Waals surface area contributed by atoms with E-state index in [1.54, 1.807) is 0 Å². The number of ether oxygens (including phenoxy) is 3. The first-order valence-corrected chi connectivity index (χ1v) is 30.9. The average molecular weight is 1030 g/mol. The van der Waals surface area contributed by atoms with Gasteiger partial charge in [0.25, 0.3) is 0 Å². The maximum absolute atomic E-state index is 12.8. The van der Waals surface area contributed by atoms with Gasteiger partial charge in [-0.2, -0.15) is 0 Å². The van der Waals surface area contributed by atoms with Crippen LogP contribution in [0.1, 0.15) is 284 Å². The van der Waals surface area contributed by atoms with Gasteiger partial charge in [0.15, 0.2) is 6.10 Å². The van der Waals surface area contributed by atoms with E-state index in [1.165, 1.54) is 109 Å². The fourth-order valence-corrected chi connectivity index (χ4v) is 8.40. The molecule has 6 heteroatoms. The summed E-state index contributed by atoms with van der Waals surface area (Å²) < 4.78 is 16.8. The largest absolute Gasteiger partial charge is 0.462 e. The SMILES string of the molecule is CC/C=C\C/C=C\C/C=C\C/C=C\C/C=C\C/C=C\C/C=C\C/C=C\CCCCCCCCC(=O)OCC(COC(=O)CCCCCCC/C=C\CCC)OC(=O)CCCCCCCCCCCCCCCCC. The molecule has 6 nitrogen and oxygen atoms in total. The molecular formula is C68H114O6. The van der Waals surface area contributed by atoms with E-state index in [4.69, 9.17) is 14.2 Å². The zero-order valence-corrected chi connectivity index (χ0v) is 48.3. The van der Waals surface area contributed by atoms with Gasteiger partial charge in [-0.25, -0.2) is 0 Å². The highest BCUT2D eigenvalue weighted by molar-refractivity contribution is 5.71. The zero-order chi connectivity index (χ0) is 53.6. The molecule has 0 bridgehead atoms. The highest BCUT2D eigenvalue weighted by Gasteiger charge is 2.19. The molecule has 0 fully saturated rings. The Labute approximate surface area is 457 Å². The molecular weight excluding hydrogens is 913 g/mol. The third-order valence-corrected chi connectivity index (χ3v) is 13.0. The Hall–Kier alpha value is -3.93. The van der Waals surface area contributed by atoms with Gasteiger partial charge in [-0.1, -0.05) is 271 Å². The molecule has 0 aromatic heterocycles. The molecule has 1 atom stereocenters. The van der Waals surface area contributed by atoms with E-state index in [2.05, 4.69) is 130 Å². The molecule has 0 spiro atoms. The summed E-state index contributed by atoms with van der Waals surface area (Å²) in [5.74, 6) is -0.905. The van der Waals surface area contributed by atoms with Crippen LogP contribution in [-0.4, -0.2) is 37.2 Å². The summed E-state index contributed by atoms with van der Waals surface area (Å²) in [7, 11) is 0. The fraction of sp³-hybridized carbons (Fsp3) is 0.691. The standard InChI is InChI=1S/C68H114O6/c1-4-7-10-13-16-19-22-24-26-27-28-29-30-31-32-33-34-35-36-37-38-39-40-41-43-44-46-49-52-55-58-61-67(70)73-64-65(63-72-66(69)60-57-54-51-48-21-18-15-12-9-6-3)74-68(71)62-59-56-53-50-47-45-42-25-23-20-17-14-11-8-5-2/h7,10,12,15-16,19,24,26,28-29,31-32,34-35,37-38,40-41,65H,4-6,8-9,11,13-14,17-18,20-23,25,27,30,33,36,39,42-64H2,1-3H3/b10-7-,15-12-,19-16-,26-24-,29-28-,32-31-,35-34-,38-37-,41-40-. The Morgan fingerprint density at radius 1 is 0.284 bits per heavy atom. The van der Waals surface area contributed by atoms with Gasteiger partial charge < -0.3 is 14.2 Å². The highest BCUT2D eigenvalue weighted by Crippen LogP contribution is 2.16. The van der Waals surface area contributed by atoms with Crippen molar-refractivity contribution in [3.8, 4) is 0 Å². The quantitative estimate of drug-likeness (QED) is 0.0261. The second kappa shape index (κ2) is 61.6. The van der Waals surface area contributed by atoms with Crippen LogP contribution in [0.15, 0.2) is 109 Å². The lowest BCUT2D eigenvalue weighted by Gasteiger charge is -2.18. The first-order chi connectivity index (χ1) is 36.5. The predicted molar refractivity (Wildman–Crippen MR) is 320 cm³/mol. The lowest BCUT2D eigenvalue weighted by molar-refractivity contribution is -0.167. The smallest absolute Gasteiger partial charge is 0.306 e. The summed E-state index contributed by atoms with van der Waals surface area (Å²) in [6.45, 7) is 6.46. The van der Waals surface area contributed by atoms with Crippen LogP contribution in [0.2, 0.25) is 0 Å². The molecule has 0 saturated carbocycles. The van der Waals surface area contributed by atoms with E-state index in [9.17, 15) is 14.4 Å². The fourth-order valence-electron chi connectivity index (χ4n) is 8.40. The lowest BCUT2D eigenvalue weighted by Crippen LogP contribution is -2.30. The minimum Gasteiger partial charge on any atom is -0.462 e. The van der Waals surface area contributed by atoms with Crippen molar-refractivity contribution >= 4 is 17.9 Å². The molecule has 0 saturated heterocycles. The molecule has 0 radical (unpaired) electrons. The van der Waals surface area contributed by atoms with Crippen LogP contribution in [0.25, 0.3) is 0 Å². The zero-order valence-electron chi connectivity index (χ0n) is 48.3. The number of carbonyl (C=O) groups is 3. The van der Waals surface area contributed by atoms with Gasteiger partial charge in [0, 0.05) is 19.3 Å². The van der Waals surface area contributed by atoms with Crippen LogP contribution in [0.5, 0.6) is 0 Å². The molecule has 0 amide bonds. The number of allylic oxidation sites excluding steroid dienone is 18. The Kier molecular flexibility index (Phi) is 58.3. The van der Waals surface area contributed by atoms with Gasteiger partial charge in [-0.05, 0) is 103 Å². The van der Waals surface area contributed by atoms with Gasteiger partial charge in [-0.3, -0.25) is 14.4 Å². The summed E-state index contributed by atoms with van der Waals surface area (Å²) in [6, 6.07) is 0. The monoisotopic (exact) mass is 1030 g/mol. The van der Waals surface area contributed by atoms with E-state index >= 15 is 0 Å². The summed E-state index contributed by atoms with van der Waals surface area (Å²) in [6.07, 6.45) is 83.8. The first kappa shape index (κ1) is 70.1. The van der Waals surface area contributed by atoms with Crippen molar-refractivity contribution < 1.29 is 28.6 Å². The van der Waals surface area contributed by atoms with Crippen molar-refractivity contribution in [2.75, 3.05) is 13.2 Å². The lowest BCUT2D eigenvalue weighted by atomic mass is 10.0. The number of hydrogen-bond acceptors (Lipinski definition) is 6. The first-order valence-electron chi connectivity index (χ1n) is 30.9. The predicted octanol–water partition coefficient (Wildman–Crippen LogP) is 21.0. The average Bonchev–Trinajstić information content (AvgIpc) is 3.40. The topological polar surface area (TPSA) is 78.9 Å². The van der Waals surface area contributed by atoms with Crippen LogP contribution < -0.4 is 0 Å². The van der Waals surface area contributed by atoms with Crippen molar-refractivity contribution in [3.05, 3.63) is 109 Å². The number of esters is 3. The molecule has 0 aliphatic heterocycles. The molecule has 74 heavy (non-hydrogen) atoms. The van der Waals surface area contributed by atoms with Gasteiger partial charge >= 0.3 is 17.9 Å². The summed E-state index contributed by atoms with van der Waals surface area (Å²) >= 11 is 0. The van der Waals surface area contributed by atoms with Crippen molar-refractivity contribution in [2.24, 2.45) is 0 Å². The van der Waals surface area contributed by atoms with Crippen LogP contribution in [0.4, 0.5) is 0 Å². The van der Waals surface area contributed by atoms with Crippen molar-refractivity contribution in [1.82, 2.24) is 0 Å². The Balaban J connectivity index is 4.25. The highest BCUT2D eigenvalue weighted by atomic mass is 16.6. The second-order valence-electron chi connectivity index (χ2n) is 20.2. The molecule has 0 aliphatic carbocycles. The summed E-state index contributed by atoms with van der Waals surface area (Å²) in [5, 5.41) is 0. The number of unbranched alkanes of at least 4 members (excludes halogenated alkanes) is 26. The second-order valence-corrected chi connectivity index (χ2v) is 20.2. The molecule has 0 aromatic carbocycles. The minimum atomic E-state index is -0.786. The summed E-state index contributed by atoms with van der Waals surface area (Å²) in [5.41, 5.74) is 0. The maximum Gasteiger partial charge on any atom is 0.306 e. The minimum absolute atomic E-state index is 0.0856. The Morgan fingerprint density at radius 3 is 0.892 bits per heavy atom. The van der Waals surface area contributed by atoms with Gasteiger partial charge in [0.2, 0.25) is 0 Å². The van der Waals surface area contributed by atoms with Crippen molar-refractivity contribution in [1.29, 1.82) is 0 Å². The van der Waals surface area contributed by atoms with E-state index in [1.807, 2.05) is 0 Å². The third kappa shape index (κ3) is 59.0. The summed E-state index contributed by atoms with van der Waals surface area (Å²) in [4.78, 5) is 38.1. The van der Waals surface area contributed by atoms with Crippen LogP contribution in [-0.2, 0) is 28.6 Å². The van der Waals surface area contributed by atoms with Gasteiger partial charge in [-0.15, -0.1) is 0 Å². The molecule has 0 heterocycles. The Bertz CT molecular complexity index is 1510. The van der Waals surface area contributed by atoms with Crippen molar-refractivity contribution in [3.63, 3.8) is 0 Å². The van der Waals surface area contributed by atoms with Gasteiger partial charge in [0.1, 0.15) is 13.2 Å². The van der Waals surface area contributed by atoms with Crippen LogP contribution >= 0.6 is 0 Å². The molecule has 0 aromatic rings. The van der Waals surface area contributed by atoms with E-state index in [0.717, 1.165) is 135 Å². The third-order valence-electron chi connectivity index (χ3n) is 13.0. The number of hydrogen-bond donors (Lipinski definition) is 0. The van der Waals surface area contributed by atoms with E-state index in [0.29, 0.717) is 19.3 Å². The van der Waals surface area contributed by atoms with E-state index < -0.39 is 6.10 Å². The maximum atomic E-state index is 12.8. The van der Waals surface area contributed by atoms with Crippen LogP contribution in [0.3, 0.4) is 0 Å². The van der Waals surface area contributed by atoms with Crippen molar-refractivity contribution in [2.45, 2.75) is 290 Å². The van der Waals surface area contributed by atoms with Gasteiger partial charge in [0.05, 0.1) is 0 Å². The molecule has 422 valence electrons.